The molecule has 1 aliphatic rings. The van der Waals surface area contributed by atoms with E-state index in [1.54, 1.807) is 0 Å². The topological polar surface area (TPSA) is 52.3 Å². The minimum absolute atomic E-state index is 0.0163. The second-order valence-electron chi connectivity index (χ2n) is 4.14. The van der Waals surface area contributed by atoms with Crippen molar-refractivity contribution >= 4 is 10.8 Å². The Balaban J connectivity index is 2.28. The van der Waals surface area contributed by atoms with Gasteiger partial charge in [-0.2, -0.15) is 0 Å². The minimum Gasteiger partial charge on any atom is -0.371 e. The van der Waals surface area contributed by atoms with Crippen molar-refractivity contribution in [3.63, 3.8) is 0 Å². The van der Waals surface area contributed by atoms with Crippen LogP contribution in [0.15, 0.2) is 0 Å². The fourth-order valence-electron chi connectivity index (χ4n) is 1.62. The predicted molar refractivity (Wildman–Crippen MR) is 55.1 cm³/mol. The quantitative estimate of drug-likeness (QED) is 0.733. The second kappa shape index (κ2) is 4.53. The summed E-state index contributed by atoms with van der Waals surface area (Å²) in [5, 5.41) is 0. The molecule has 0 aromatic heterocycles. The molecule has 1 heterocycles. The molecule has 78 valence electrons. The van der Waals surface area contributed by atoms with Gasteiger partial charge in [-0.25, -0.2) is 0 Å². The second-order valence-corrected chi connectivity index (χ2v) is 5.76. The fraction of sp³-hybridized carbons (Fsp3) is 1.00. The Morgan fingerprint density at radius 2 is 2.31 bits per heavy atom. The van der Waals surface area contributed by atoms with Crippen molar-refractivity contribution in [1.82, 2.24) is 0 Å². The van der Waals surface area contributed by atoms with Gasteiger partial charge in [0.1, 0.15) is 0 Å². The van der Waals surface area contributed by atoms with Gasteiger partial charge in [0.15, 0.2) is 0 Å². The average molecular weight is 205 g/mol. The predicted octanol–water partition coefficient (Wildman–Crippen LogP) is 0.651. The van der Waals surface area contributed by atoms with Crippen molar-refractivity contribution in [2.45, 2.75) is 38.4 Å². The molecule has 13 heavy (non-hydrogen) atoms. The molecule has 2 N–H and O–H groups in total. The molecule has 4 heteroatoms. The van der Waals surface area contributed by atoms with E-state index in [9.17, 15) is 4.21 Å². The van der Waals surface area contributed by atoms with Crippen molar-refractivity contribution < 1.29 is 8.95 Å². The average Bonchev–Trinajstić information content (AvgIpc) is 2.30. The summed E-state index contributed by atoms with van der Waals surface area (Å²) in [6.07, 6.45) is 2.28. The highest BCUT2D eigenvalue weighted by molar-refractivity contribution is 7.85. The molecule has 2 unspecified atom stereocenters. The molecule has 3 nitrogen and oxygen atoms in total. The number of rotatable bonds is 4. The molecule has 1 fully saturated rings. The SMILES string of the molecule is CC1(C)CCC(CS(=O)CCN)O1. The van der Waals surface area contributed by atoms with E-state index in [4.69, 9.17) is 10.5 Å². The van der Waals surface area contributed by atoms with Gasteiger partial charge in [-0.05, 0) is 26.7 Å². The minimum atomic E-state index is -0.793. The standard InChI is InChI=1S/C9H19NO2S/c1-9(2)4-3-8(12-9)7-13(11)6-5-10/h8H,3-7,10H2,1-2H3. The Kier molecular flexibility index (Phi) is 3.88. The molecule has 1 aliphatic heterocycles. The highest BCUT2D eigenvalue weighted by atomic mass is 32.2. The zero-order valence-corrected chi connectivity index (χ0v) is 9.23. The third kappa shape index (κ3) is 3.75. The Hall–Kier alpha value is 0.0700. The smallest absolute Gasteiger partial charge is 0.0698 e. The van der Waals surface area contributed by atoms with Gasteiger partial charge in [-0.3, -0.25) is 4.21 Å². The Labute approximate surface area is 82.5 Å². The van der Waals surface area contributed by atoms with Gasteiger partial charge in [-0.15, -0.1) is 0 Å². The van der Waals surface area contributed by atoms with E-state index >= 15 is 0 Å². The van der Waals surface area contributed by atoms with Crippen molar-refractivity contribution in [3.05, 3.63) is 0 Å². The van der Waals surface area contributed by atoms with Crippen LogP contribution in [0.25, 0.3) is 0 Å². The summed E-state index contributed by atoms with van der Waals surface area (Å²) >= 11 is 0. The lowest BCUT2D eigenvalue weighted by Crippen LogP contribution is -2.25. The molecule has 0 bridgehead atoms. The summed E-state index contributed by atoms with van der Waals surface area (Å²) in [4.78, 5) is 0. The summed E-state index contributed by atoms with van der Waals surface area (Å²) in [5.41, 5.74) is 5.31. The fourth-order valence-corrected chi connectivity index (χ4v) is 2.70. The normalized spacial score (nSPS) is 29.0. The Morgan fingerprint density at radius 3 is 2.77 bits per heavy atom. The molecule has 0 spiro atoms. The van der Waals surface area contributed by atoms with Crippen molar-refractivity contribution in [3.8, 4) is 0 Å². The molecule has 0 radical (unpaired) electrons. The van der Waals surface area contributed by atoms with Crippen LogP contribution in [-0.2, 0) is 15.5 Å². The summed E-state index contributed by atoms with van der Waals surface area (Å²) in [5.74, 6) is 1.25. The maximum atomic E-state index is 11.4. The molecule has 1 rings (SSSR count). The lowest BCUT2D eigenvalue weighted by Gasteiger charge is -2.18. The van der Waals surface area contributed by atoms with Crippen LogP contribution < -0.4 is 5.73 Å². The van der Waals surface area contributed by atoms with Gasteiger partial charge in [0.25, 0.3) is 0 Å². The first kappa shape index (κ1) is 11.1. The van der Waals surface area contributed by atoms with E-state index in [-0.39, 0.29) is 11.7 Å². The Bertz CT molecular complexity index is 194. The van der Waals surface area contributed by atoms with Crippen molar-refractivity contribution in [2.75, 3.05) is 18.1 Å². The molecule has 2 atom stereocenters. The van der Waals surface area contributed by atoms with Crippen LogP contribution in [0, 0.1) is 0 Å². The first-order chi connectivity index (χ1) is 6.03. The number of hydrogen-bond acceptors (Lipinski definition) is 3. The highest BCUT2D eigenvalue weighted by Gasteiger charge is 2.32. The zero-order chi connectivity index (χ0) is 9.90. The molecule has 0 saturated carbocycles. The van der Waals surface area contributed by atoms with Crippen LogP contribution in [-0.4, -0.2) is 34.0 Å². The van der Waals surface area contributed by atoms with Crippen LogP contribution in [0.5, 0.6) is 0 Å². The molecule has 0 aromatic rings. The maximum Gasteiger partial charge on any atom is 0.0698 e. The van der Waals surface area contributed by atoms with E-state index in [0.29, 0.717) is 18.1 Å². The van der Waals surface area contributed by atoms with Gasteiger partial charge in [0.2, 0.25) is 0 Å². The van der Waals surface area contributed by atoms with Gasteiger partial charge in [-0.1, -0.05) is 0 Å². The third-order valence-corrected chi connectivity index (χ3v) is 3.71. The largest absolute Gasteiger partial charge is 0.371 e. The van der Waals surface area contributed by atoms with E-state index < -0.39 is 10.8 Å². The van der Waals surface area contributed by atoms with Gasteiger partial charge < -0.3 is 10.5 Å². The first-order valence-electron chi connectivity index (χ1n) is 4.76. The molecule has 0 aromatic carbocycles. The lowest BCUT2D eigenvalue weighted by molar-refractivity contribution is -0.00497. The monoisotopic (exact) mass is 205 g/mol. The van der Waals surface area contributed by atoms with Crippen LogP contribution >= 0.6 is 0 Å². The first-order valence-corrected chi connectivity index (χ1v) is 6.25. The van der Waals surface area contributed by atoms with Gasteiger partial charge in [0, 0.05) is 28.9 Å². The summed E-state index contributed by atoms with van der Waals surface area (Å²) in [7, 11) is -0.793. The number of hydrogen-bond donors (Lipinski definition) is 1. The molecular weight excluding hydrogens is 186 g/mol. The molecule has 0 aliphatic carbocycles. The van der Waals surface area contributed by atoms with Gasteiger partial charge >= 0.3 is 0 Å². The zero-order valence-electron chi connectivity index (χ0n) is 8.41. The van der Waals surface area contributed by atoms with Crippen LogP contribution in [0.3, 0.4) is 0 Å². The lowest BCUT2D eigenvalue weighted by atomic mass is 10.1. The highest BCUT2D eigenvalue weighted by Crippen LogP contribution is 2.29. The van der Waals surface area contributed by atoms with Gasteiger partial charge in [0.05, 0.1) is 11.7 Å². The van der Waals surface area contributed by atoms with E-state index in [0.717, 1.165) is 12.8 Å². The maximum absolute atomic E-state index is 11.4. The van der Waals surface area contributed by atoms with Crippen LogP contribution in [0.2, 0.25) is 0 Å². The summed E-state index contributed by atoms with van der Waals surface area (Å²) < 4.78 is 17.1. The summed E-state index contributed by atoms with van der Waals surface area (Å²) in [6, 6.07) is 0. The molecule has 0 amide bonds. The van der Waals surface area contributed by atoms with E-state index in [1.807, 2.05) is 0 Å². The van der Waals surface area contributed by atoms with E-state index in [2.05, 4.69) is 13.8 Å². The van der Waals surface area contributed by atoms with Crippen molar-refractivity contribution in [1.29, 1.82) is 0 Å². The van der Waals surface area contributed by atoms with Crippen LogP contribution in [0.1, 0.15) is 26.7 Å². The number of ether oxygens (including phenoxy) is 1. The Morgan fingerprint density at radius 1 is 1.62 bits per heavy atom. The summed E-state index contributed by atoms with van der Waals surface area (Å²) in [6.45, 7) is 4.67. The molecule has 1 saturated heterocycles. The molecular formula is C9H19NO2S. The third-order valence-electron chi connectivity index (χ3n) is 2.27. The van der Waals surface area contributed by atoms with E-state index in [1.165, 1.54) is 0 Å². The van der Waals surface area contributed by atoms with Crippen LogP contribution in [0.4, 0.5) is 0 Å². The van der Waals surface area contributed by atoms with Crippen molar-refractivity contribution in [2.24, 2.45) is 5.73 Å². The number of nitrogens with two attached hydrogens (primary N) is 1.